The average Bonchev–Trinajstić information content (AvgIpc) is 2.74. The van der Waals surface area contributed by atoms with E-state index in [1.807, 2.05) is 6.92 Å². The van der Waals surface area contributed by atoms with Crippen LogP contribution in [0.15, 0.2) is 23.4 Å². The van der Waals surface area contributed by atoms with Crippen molar-refractivity contribution in [1.29, 1.82) is 0 Å². The van der Waals surface area contributed by atoms with Crippen molar-refractivity contribution in [3.63, 3.8) is 0 Å². The normalized spacial score (nSPS) is 10.5. The number of benzene rings is 1. The van der Waals surface area contributed by atoms with E-state index in [1.54, 1.807) is 6.07 Å². The van der Waals surface area contributed by atoms with E-state index >= 15 is 0 Å². The van der Waals surface area contributed by atoms with Crippen molar-refractivity contribution < 1.29 is 4.92 Å². The van der Waals surface area contributed by atoms with Crippen LogP contribution in [0.5, 0.6) is 0 Å². The molecule has 94 valence electrons. The number of nitro groups is 1. The van der Waals surface area contributed by atoms with Gasteiger partial charge in [0.05, 0.1) is 4.92 Å². The molecule has 0 spiro atoms. The lowest BCUT2D eigenvalue weighted by atomic mass is 10.2. The Morgan fingerprint density at radius 2 is 2.33 bits per heavy atom. The van der Waals surface area contributed by atoms with Gasteiger partial charge in [-0.05, 0) is 18.6 Å². The number of aromatic nitrogens is 3. The maximum atomic E-state index is 10.7. The maximum Gasteiger partial charge on any atom is 0.292 e. The monoisotopic (exact) mass is 265 g/mol. The number of nitrogens with one attached hydrogen (secondary N) is 1. The number of anilines is 1. The Morgan fingerprint density at radius 1 is 1.56 bits per heavy atom. The molecule has 1 aromatic carbocycles. The number of hydrogen-bond acceptors (Lipinski definition) is 6. The first-order valence-electron chi connectivity index (χ1n) is 5.11. The second kappa shape index (κ2) is 5.05. The Morgan fingerprint density at radius 3 is 2.94 bits per heavy atom. The van der Waals surface area contributed by atoms with E-state index in [9.17, 15) is 10.1 Å². The van der Waals surface area contributed by atoms with Crippen molar-refractivity contribution in [2.75, 3.05) is 5.73 Å². The summed E-state index contributed by atoms with van der Waals surface area (Å²) in [6, 6.07) is 4.77. The summed E-state index contributed by atoms with van der Waals surface area (Å²) in [6.07, 6.45) is 0. The molecule has 18 heavy (non-hydrogen) atoms. The van der Waals surface area contributed by atoms with Crippen molar-refractivity contribution in [3.8, 4) is 0 Å². The molecule has 0 aliphatic carbocycles. The van der Waals surface area contributed by atoms with Crippen LogP contribution in [0, 0.1) is 17.0 Å². The van der Waals surface area contributed by atoms with E-state index in [-0.39, 0.29) is 11.4 Å². The highest BCUT2D eigenvalue weighted by atomic mass is 32.2. The van der Waals surface area contributed by atoms with Crippen LogP contribution >= 0.6 is 11.8 Å². The van der Waals surface area contributed by atoms with Crippen molar-refractivity contribution in [2.45, 2.75) is 17.8 Å². The van der Waals surface area contributed by atoms with E-state index in [0.29, 0.717) is 10.9 Å². The molecule has 0 aliphatic heterocycles. The molecule has 7 nitrogen and oxygen atoms in total. The molecule has 0 aliphatic rings. The summed E-state index contributed by atoms with van der Waals surface area (Å²) in [4.78, 5) is 14.4. The number of aromatic amines is 1. The molecular formula is C10H11N5O2S. The van der Waals surface area contributed by atoms with Crippen LogP contribution in [0.2, 0.25) is 0 Å². The van der Waals surface area contributed by atoms with E-state index in [1.165, 1.54) is 23.9 Å². The van der Waals surface area contributed by atoms with Crippen molar-refractivity contribution >= 4 is 23.1 Å². The third-order valence-corrected chi connectivity index (χ3v) is 3.15. The van der Waals surface area contributed by atoms with Gasteiger partial charge in [-0.25, -0.2) is 4.98 Å². The van der Waals surface area contributed by atoms with Gasteiger partial charge in [0, 0.05) is 11.8 Å². The number of nitro benzene ring substituents is 1. The molecule has 0 bridgehead atoms. The van der Waals surface area contributed by atoms with Gasteiger partial charge in [-0.3, -0.25) is 15.2 Å². The van der Waals surface area contributed by atoms with E-state index in [0.717, 1.165) is 11.4 Å². The van der Waals surface area contributed by atoms with Gasteiger partial charge in [-0.15, -0.1) is 5.10 Å². The number of nitrogens with zero attached hydrogens (tertiary/aromatic N) is 3. The Hall–Kier alpha value is -2.09. The average molecular weight is 265 g/mol. The smallest absolute Gasteiger partial charge is 0.292 e. The molecule has 0 unspecified atom stereocenters. The van der Waals surface area contributed by atoms with Crippen LogP contribution < -0.4 is 5.73 Å². The zero-order chi connectivity index (χ0) is 13.1. The van der Waals surface area contributed by atoms with Gasteiger partial charge in [-0.1, -0.05) is 17.8 Å². The summed E-state index contributed by atoms with van der Waals surface area (Å²) in [6.45, 7) is 1.81. The number of H-pyrrole nitrogens is 1. The molecule has 0 saturated carbocycles. The zero-order valence-corrected chi connectivity index (χ0v) is 10.4. The van der Waals surface area contributed by atoms with Crippen LogP contribution in [0.25, 0.3) is 0 Å². The van der Waals surface area contributed by atoms with Crippen molar-refractivity contribution in [2.24, 2.45) is 0 Å². The number of hydrogen-bond donors (Lipinski definition) is 2. The molecule has 0 fully saturated rings. The zero-order valence-electron chi connectivity index (χ0n) is 9.58. The van der Waals surface area contributed by atoms with E-state index in [4.69, 9.17) is 5.73 Å². The Labute approximate surface area is 107 Å². The molecule has 1 aromatic heterocycles. The lowest BCUT2D eigenvalue weighted by Gasteiger charge is -2.01. The standard InChI is InChI=1S/C10H11N5O2S/c1-6-12-10(14-13-6)18-5-7-2-3-8(11)9(4-7)15(16)17/h2-4H,5,11H2,1H3,(H,12,13,14). The number of rotatable bonds is 4. The minimum atomic E-state index is -0.486. The summed E-state index contributed by atoms with van der Waals surface area (Å²) in [5.74, 6) is 1.29. The maximum absolute atomic E-state index is 10.7. The third-order valence-electron chi connectivity index (χ3n) is 2.24. The van der Waals surface area contributed by atoms with E-state index < -0.39 is 4.92 Å². The predicted octanol–water partition coefficient (Wildman–Crippen LogP) is 1.90. The number of thioether (sulfide) groups is 1. The molecule has 2 aromatic rings. The molecular weight excluding hydrogens is 254 g/mol. The minimum Gasteiger partial charge on any atom is -0.393 e. The van der Waals surface area contributed by atoms with Gasteiger partial charge in [0.1, 0.15) is 11.5 Å². The van der Waals surface area contributed by atoms with Crippen molar-refractivity contribution in [3.05, 3.63) is 39.7 Å². The SMILES string of the molecule is Cc1nc(SCc2ccc(N)c([N+](=O)[O-])c2)n[nH]1. The van der Waals surface area contributed by atoms with E-state index in [2.05, 4.69) is 15.2 Å². The highest BCUT2D eigenvalue weighted by molar-refractivity contribution is 7.98. The summed E-state index contributed by atoms with van der Waals surface area (Å²) in [7, 11) is 0. The van der Waals surface area contributed by atoms with Crippen LogP contribution in [0.3, 0.4) is 0 Å². The highest BCUT2D eigenvalue weighted by Gasteiger charge is 2.12. The lowest BCUT2D eigenvalue weighted by molar-refractivity contribution is -0.383. The van der Waals surface area contributed by atoms with Gasteiger partial charge >= 0.3 is 0 Å². The van der Waals surface area contributed by atoms with Gasteiger partial charge < -0.3 is 5.73 Å². The highest BCUT2D eigenvalue weighted by Crippen LogP contribution is 2.26. The second-order valence-corrected chi connectivity index (χ2v) is 4.58. The summed E-state index contributed by atoms with van der Waals surface area (Å²) >= 11 is 1.40. The van der Waals surface area contributed by atoms with Gasteiger partial charge in [0.2, 0.25) is 5.16 Å². The molecule has 0 amide bonds. The second-order valence-electron chi connectivity index (χ2n) is 3.64. The fourth-order valence-electron chi connectivity index (χ4n) is 1.37. The topological polar surface area (TPSA) is 111 Å². The summed E-state index contributed by atoms with van der Waals surface area (Å²) in [5.41, 5.74) is 6.43. The van der Waals surface area contributed by atoms with Gasteiger partial charge in [0.25, 0.3) is 5.69 Å². The quantitative estimate of drug-likeness (QED) is 0.378. The summed E-state index contributed by atoms with van der Waals surface area (Å²) < 4.78 is 0. The van der Waals surface area contributed by atoms with Crippen LogP contribution in [0.4, 0.5) is 11.4 Å². The largest absolute Gasteiger partial charge is 0.393 e. The molecule has 8 heteroatoms. The Kier molecular flexibility index (Phi) is 3.47. The Balaban J connectivity index is 2.10. The predicted molar refractivity (Wildman–Crippen MR) is 68.2 cm³/mol. The number of nitrogens with two attached hydrogens (primary N) is 1. The van der Waals surface area contributed by atoms with Crippen LogP contribution in [-0.4, -0.2) is 20.1 Å². The molecule has 2 rings (SSSR count). The van der Waals surface area contributed by atoms with Gasteiger partial charge in [-0.2, -0.15) is 0 Å². The molecule has 1 heterocycles. The molecule has 0 saturated heterocycles. The fourth-order valence-corrected chi connectivity index (χ4v) is 2.16. The number of nitrogen functional groups attached to an aromatic ring is 1. The summed E-state index contributed by atoms with van der Waals surface area (Å²) in [5, 5.41) is 18.1. The fraction of sp³-hybridized carbons (Fsp3) is 0.200. The van der Waals surface area contributed by atoms with Gasteiger partial charge in [0.15, 0.2) is 0 Å². The first-order valence-corrected chi connectivity index (χ1v) is 6.09. The minimum absolute atomic E-state index is 0.0701. The Bertz CT molecular complexity index is 583. The number of aryl methyl sites for hydroxylation is 1. The first-order chi connectivity index (χ1) is 8.56. The first kappa shape index (κ1) is 12.4. The van der Waals surface area contributed by atoms with Crippen LogP contribution in [-0.2, 0) is 5.75 Å². The molecule has 3 N–H and O–H groups in total. The third kappa shape index (κ3) is 2.77. The molecule has 0 atom stereocenters. The molecule has 0 radical (unpaired) electrons. The van der Waals surface area contributed by atoms with Crippen molar-refractivity contribution in [1.82, 2.24) is 15.2 Å². The van der Waals surface area contributed by atoms with Crippen LogP contribution in [0.1, 0.15) is 11.4 Å². The lowest BCUT2D eigenvalue weighted by Crippen LogP contribution is -1.96.